The van der Waals surface area contributed by atoms with Gasteiger partial charge in [0.2, 0.25) is 0 Å². The van der Waals surface area contributed by atoms with Gasteiger partial charge in [0, 0.05) is 28.3 Å². The lowest BCUT2D eigenvalue weighted by Crippen LogP contribution is -1.99. The number of nitro groups is 1. The molecule has 1 aromatic heterocycles. The maximum atomic E-state index is 10.9. The first-order valence-corrected chi connectivity index (χ1v) is 6.45. The van der Waals surface area contributed by atoms with Crippen LogP contribution < -0.4 is 5.73 Å². The normalized spacial score (nSPS) is 11.0. The maximum absolute atomic E-state index is 10.9. The highest BCUT2D eigenvalue weighted by molar-refractivity contribution is 6.31. The molecular formula is C13H14ClN3O3. The summed E-state index contributed by atoms with van der Waals surface area (Å²) < 4.78 is 5.22. The lowest BCUT2D eigenvalue weighted by Gasteiger charge is -2.05. The zero-order valence-corrected chi connectivity index (χ0v) is 11.8. The van der Waals surface area contributed by atoms with Crippen LogP contribution in [0.5, 0.6) is 0 Å². The molecule has 0 spiro atoms. The van der Waals surface area contributed by atoms with Gasteiger partial charge in [-0.15, -0.1) is 0 Å². The number of benzene rings is 1. The Balaban J connectivity index is 2.54. The zero-order chi connectivity index (χ0) is 14.9. The lowest BCUT2D eigenvalue weighted by molar-refractivity contribution is -0.384. The van der Waals surface area contributed by atoms with Crippen LogP contribution in [0.3, 0.4) is 0 Å². The van der Waals surface area contributed by atoms with Crippen LogP contribution in [0.4, 0.5) is 11.5 Å². The van der Waals surface area contributed by atoms with Crippen LogP contribution in [0, 0.1) is 16.0 Å². The van der Waals surface area contributed by atoms with Gasteiger partial charge in [-0.1, -0.05) is 30.6 Å². The SMILES string of the molecule is CC(C)Cc1c(N)noc1-c1cc(Cl)cc([N+](=O)[O-])c1. The molecule has 0 saturated heterocycles. The summed E-state index contributed by atoms with van der Waals surface area (Å²) >= 11 is 5.91. The minimum absolute atomic E-state index is 0.0991. The van der Waals surface area contributed by atoms with E-state index in [0.29, 0.717) is 29.5 Å². The van der Waals surface area contributed by atoms with Gasteiger partial charge in [0.05, 0.1) is 4.92 Å². The van der Waals surface area contributed by atoms with Gasteiger partial charge in [-0.2, -0.15) is 0 Å². The minimum atomic E-state index is -0.503. The summed E-state index contributed by atoms with van der Waals surface area (Å²) in [5.74, 6) is 1.09. The van der Waals surface area contributed by atoms with Crippen LogP contribution in [0.2, 0.25) is 5.02 Å². The molecule has 2 aromatic rings. The van der Waals surface area contributed by atoms with Crippen molar-refractivity contribution in [1.82, 2.24) is 5.16 Å². The van der Waals surface area contributed by atoms with E-state index in [1.165, 1.54) is 12.1 Å². The number of halogens is 1. The number of nitrogens with two attached hydrogens (primary N) is 1. The molecule has 6 nitrogen and oxygen atoms in total. The lowest BCUT2D eigenvalue weighted by atomic mass is 9.99. The molecule has 20 heavy (non-hydrogen) atoms. The van der Waals surface area contributed by atoms with Gasteiger partial charge in [0.25, 0.3) is 5.69 Å². The highest BCUT2D eigenvalue weighted by atomic mass is 35.5. The van der Waals surface area contributed by atoms with Crippen LogP contribution in [-0.4, -0.2) is 10.1 Å². The van der Waals surface area contributed by atoms with Crippen LogP contribution in [-0.2, 0) is 6.42 Å². The van der Waals surface area contributed by atoms with Crippen LogP contribution in [0.1, 0.15) is 19.4 Å². The molecule has 0 fully saturated rings. The Kier molecular flexibility index (Phi) is 3.94. The van der Waals surface area contributed by atoms with Gasteiger partial charge in [-0.25, -0.2) is 0 Å². The Bertz CT molecular complexity index is 652. The number of aromatic nitrogens is 1. The van der Waals surface area contributed by atoms with Crippen molar-refractivity contribution in [3.63, 3.8) is 0 Å². The molecule has 2 rings (SSSR count). The largest absolute Gasteiger partial charge is 0.381 e. The monoisotopic (exact) mass is 295 g/mol. The van der Waals surface area contributed by atoms with Crippen molar-refractivity contribution in [3.05, 3.63) is 38.9 Å². The molecule has 106 valence electrons. The third kappa shape index (κ3) is 2.91. The molecule has 0 unspecified atom stereocenters. The summed E-state index contributed by atoms with van der Waals surface area (Å²) in [5, 5.41) is 14.9. The van der Waals surface area contributed by atoms with Crippen molar-refractivity contribution < 1.29 is 9.45 Å². The van der Waals surface area contributed by atoms with Crippen LogP contribution in [0.15, 0.2) is 22.7 Å². The van der Waals surface area contributed by atoms with Crippen molar-refractivity contribution in [2.75, 3.05) is 5.73 Å². The predicted molar refractivity (Wildman–Crippen MR) is 76.6 cm³/mol. The van der Waals surface area contributed by atoms with E-state index in [2.05, 4.69) is 5.16 Å². The topological polar surface area (TPSA) is 95.2 Å². The average molecular weight is 296 g/mol. The second-order valence-electron chi connectivity index (χ2n) is 4.93. The molecule has 1 heterocycles. The molecule has 0 atom stereocenters. The second-order valence-corrected chi connectivity index (χ2v) is 5.37. The average Bonchev–Trinajstić information content (AvgIpc) is 2.69. The highest BCUT2D eigenvalue weighted by Crippen LogP contribution is 2.33. The molecule has 0 aliphatic rings. The number of nitrogen functional groups attached to an aromatic ring is 1. The Morgan fingerprint density at radius 3 is 2.75 bits per heavy atom. The van der Waals surface area contributed by atoms with E-state index in [-0.39, 0.29) is 10.7 Å². The van der Waals surface area contributed by atoms with Gasteiger partial charge in [0.1, 0.15) is 0 Å². The number of rotatable bonds is 4. The fourth-order valence-electron chi connectivity index (χ4n) is 1.96. The quantitative estimate of drug-likeness (QED) is 0.685. The third-order valence-corrected chi connectivity index (χ3v) is 3.00. The van der Waals surface area contributed by atoms with Gasteiger partial charge in [-0.05, 0) is 18.4 Å². The first-order chi connectivity index (χ1) is 9.38. The minimum Gasteiger partial charge on any atom is -0.381 e. The van der Waals surface area contributed by atoms with Crippen molar-refractivity contribution in [1.29, 1.82) is 0 Å². The molecule has 2 N–H and O–H groups in total. The fraction of sp³-hybridized carbons (Fsp3) is 0.308. The van der Waals surface area contributed by atoms with E-state index < -0.39 is 4.92 Å². The molecule has 0 aliphatic heterocycles. The van der Waals surface area contributed by atoms with Crippen LogP contribution in [0.25, 0.3) is 11.3 Å². The summed E-state index contributed by atoms with van der Waals surface area (Å²) in [6.45, 7) is 4.08. The summed E-state index contributed by atoms with van der Waals surface area (Å²) in [5.41, 5.74) is 6.94. The Morgan fingerprint density at radius 1 is 1.45 bits per heavy atom. The van der Waals surface area contributed by atoms with Crippen LogP contribution >= 0.6 is 11.6 Å². The van der Waals surface area contributed by atoms with E-state index in [4.69, 9.17) is 21.9 Å². The zero-order valence-electron chi connectivity index (χ0n) is 11.1. The molecule has 0 bridgehead atoms. The number of non-ortho nitro benzene ring substituents is 1. The number of nitrogens with zero attached hydrogens (tertiary/aromatic N) is 2. The van der Waals surface area contributed by atoms with Gasteiger partial charge in [-0.3, -0.25) is 10.1 Å². The Morgan fingerprint density at radius 2 is 2.15 bits per heavy atom. The number of nitro benzene ring substituents is 1. The standard InChI is InChI=1S/C13H14ClN3O3/c1-7(2)3-11-12(20-16-13(11)15)8-4-9(14)6-10(5-8)17(18)19/h4-7H,3H2,1-2H3,(H2,15,16). The number of hydrogen-bond acceptors (Lipinski definition) is 5. The van der Waals surface area contributed by atoms with E-state index in [1.807, 2.05) is 13.8 Å². The van der Waals surface area contributed by atoms with E-state index in [9.17, 15) is 10.1 Å². The van der Waals surface area contributed by atoms with E-state index in [1.54, 1.807) is 6.07 Å². The number of hydrogen-bond donors (Lipinski definition) is 1. The first kappa shape index (κ1) is 14.3. The van der Waals surface area contributed by atoms with E-state index >= 15 is 0 Å². The fourth-order valence-corrected chi connectivity index (χ4v) is 2.19. The van der Waals surface area contributed by atoms with E-state index in [0.717, 1.165) is 5.56 Å². The third-order valence-electron chi connectivity index (χ3n) is 2.79. The molecule has 0 radical (unpaired) electrons. The Hall–Kier alpha value is -2.08. The molecular weight excluding hydrogens is 282 g/mol. The van der Waals surface area contributed by atoms with Gasteiger partial charge in [0.15, 0.2) is 11.6 Å². The van der Waals surface area contributed by atoms with Crippen molar-refractivity contribution in [2.24, 2.45) is 5.92 Å². The molecule has 0 saturated carbocycles. The summed E-state index contributed by atoms with van der Waals surface area (Å²) in [4.78, 5) is 10.4. The summed E-state index contributed by atoms with van der Waals surface area (Å²) in [6, 6.07) is 4.28. The van der Waals surface area contributed by atoms with Gasteiger partial charge < -0.3 is 10.3 Å². The second kappa shape index (κ2) is 5.50. The molecule has 0 amide bonds. The predicted octanol–water partition coefficient (Wildman–Crippen LogP) is 3.68. The maximum Gasteiger partial charge on any atom is 0.271 e. The van der Waals surface area contributed by atoms with Crippen molar-refractivity contribution in [2.45, 2.75) is 20.3 Å². The highest BCUT2D eigenvalue weighted by Gasteiger charge is 2.19. The first-order valence-electron chi connectivity index (χ1n) is 6.08. The van der Waals surface area contributed by atoms with Crippen molar-refractivity contribution in [3.8, 4) is 11.3 Å². The summed E-state index contributed by atoms with van der Waals surface area (Å²) in [6.07, 6.45) is 0.672. The van der Waals surface area contributed by atoms with Gasteiger partial charge >= 0.3 is 0 Å². The molecule has 1 aromatic carbocycles. The smallest absolute Gasteiger partial charge is 0.271 e. The Labute approximate surface area is 120 Å². The van der Waals surface area contributed by atoms with Crippen molar-refractivity contribution >= 4 is 23.1 Å². The number of anilines is 1. The summed E-state index contributed by atoms with van der Waals surface area (Å²) in [7, 11) is 0. The molecule has 7 heteroatoms. The molecule has 0 aliphatic carbocycles.